The molecule has 2 aromatic carbocycles. The van der Waals surface area contributed by atoms with Gasteiger partial charge in [0.25, 0.3) is 5.91 Å². The number of amides is 1. The number of benzene rings is 2. The third-order valence-corrected chi connectivity index (χ3v) is 4.02. The van der Waals surface area contributed by atoms with Crippen LogP contribution in [0.1, 0.15) is 29.8 Å². The van der Waals surface area contributed by atoms with Crippen LogP contribution in [0.15, 0.2) is 60.9 Å². The van der Waals surface area contributed by atoms with Gasteiger partial charge >= 0.3 is 0 Å². The van der Waals surface area contributed by atoms with Crippen molar-refractivity contribution in [3.05, 3.63) is 77.9 Å². The number of ether oxygens (including phenoxy) is 1. The lowest BCUT2D eigenvalue weighted by Gasteiger charge is -2.14. The monoisotopic (exact) mass is 394 g/mol. The number of halogens is 1. The first-order valence-corrected chi connectivity index (χ1v) is 9.38. The molecule has 1 amide bonds. The Morgan fingerprint density at radius 1 is 1.07 bits per heavy atom. The van der Waals surface area contributed by atoms with Crippen LogP contribution in [0.5, 0.6) is 5.75 Å². The smallest absolute Gasteiger partial charge is 0.258 e. The third kappa shape index (κ3) is 6.00. The Morgan fingerprint density at radius 3 is 2.45 bits per heavy atom. The molecule has 0 radical (unpaired) electrons. The minimum Gasteiger partial charge on any atom is -0.489 e. The molecular weight excluding hydrogens is 371 g/mol. The molecule has 1 heterocycles. The van der Waals surface area contributed by atoms with Crippen LogP contribution in [0.3, 0.4) is 0 Å². The highest BCUT2D eigenvalue weighted by Crippen LogP contribution is 2.25. The molecule has 7 heteroatoms. The highest BCUT2D eigenvalue weighted by Gasteiger charge is 2.11. The van der Waals surface area contributed by atoms with Crippen molar-refractivity contribution < 1.29 is 13.9 Å². The van der Waals surface area contributed by atoms with Gasteiger partial charge < -0.3 is 15.4 Å². The summed E-state index contributed by atoms with van der Waals surface area (Å²) in [6.07, 6.45) is 3.64. The predicted octanol–water partition coefficient (Wildman–Crippen LogP) is 4.31. The van der Waals surface area contributed by atoms with Crippen LogP contribution in [0, 0.1) is 5.82 Å². The highest BCUT2D eigenvalue weighted by atomic mass is 19.1. The van der Waals surface area contributed by atoms with Gasteiger partial charge in [-0.15, -0.1) is 0 Å². The van der Waals surface area contributed by atoms with E-state index in [1.165, 1.54) is 24.5 Å². The number of nitrogens with one attached hydrogen (secondary N) is 2. The Labute approximate surface area is 169 Å². The molecule has 2 N–H and O–H groups in total. The summed E-state index contributed by atoms with van der Waals surface area (Å²) in [4.78, 5) is 20.9. The number of para-hydroxylation sites is 2. The quantitative estimate of drug-likeness (QED) is 0.595. The molecule has 0 atom stereocenters. The summed E-state index contributed by atoms with van der Waals surface area (Å²) in [5.41, 5.74) is 1.94. The molecule has 0 fully saturated rings. The summed E-state index contributed by atoms with van der Waals surface area (Å²) >= 11 is 0. The summed E-state index contributed by atoms with van der Waals surface area (Å²) in [6, 6.07) is 13.6. The Hall–Kier alpha value is -3.48. The second-order valence-corrected chi connectivity index (χ2v) is 6.72. The van der Waals surface area contributed by atoms with E-state index in [2.05, 4.69) is 20.6 Å². The van der Waals surface area contributed by atoms with Crippen molar-refractivity contribution >= 4 is 17.5 Å². The lowest BCUT2D eigenvalue weighted by molar-refractivity contribution is 0.102. The van der Waals surface area contributed by atoms with Crippen molar-refractivity contribution in [3.63, 3.8) is 0 Å². The SMILES string of the molecule is CC(C)Oc1ccccc1NC(=O)c1cnc(NCCc2ccc(F)cc2)nc1. The zero-order valence-corrected chi connectivity index (χ0v) is 16.4. The first-order chi connectivity index (χ1) is 14.0. The van der Waals surface area contributed by atoms with E-state index in [9.17, 15) is 9.18 Å². The van der Waals surface area contributed by atoms with E-state index < -0.39 is 0 Å². The molecule has 1 aromatic heterocycles. The van der Waals surface area contributed by atoms with E-state index in [1.54, 1.807) is 24.3 Å². The molecule has 3 rings (SSSR count). The van der Waals surface area contributed by atoms with E-state index >= 15 is 0 Å². The lowest BCUT2D eigenvalue weighted by Crippen LogP contribution is -2.15. The Morgan fingerprint density at radius 2 is 1.76 bits per heavy atom. The maximum absolute atomic E-state index is 12.9. The summed E-state index contributed by atoms with van der Waals surface area (Å²) in [5, 5.41) is 5.91. The van der Waals surface area contributed by atoms with Gasteiger partial charge in [0, 0.05) is 18.9 Å². The van der Waals surface area contributed by atoms with Crippen molar-refractivity contribution in [2.24, 2.45) is 0 Å². The zero-order chi connectivity index (χ0) is 20.6. The minimum absolute atomic E-state index is 0.00310. The molecular formula is C22H23FN4O2. The number of hydrogen-bond acceptors (Lipinski definition) is 5. The van der Waals surface area contributed by atoms with Crippen LogP contribution >= 0.6 is 0 Å². The Bertz CT molecular complexity index is 944. The van der Waals surface area contributed by atoms with E-state index in [0.29, 0.717) is 35.9 Å². The van der Waals surface area contributed by atoms with Gasteiger partial charge in [0.2, 0.25) is 5.95 Å². The molecule has 0 spiro atoms. The van der Waals surface area contributed by atoms with Crippen molar-refractivity contribution in [2.45, 2.75) is 26.4 Å². The molecule has 3 aromatic rings. The molecule has 6 nitrogen and oxygen atoms in total. The molecule has 0 aliphatic rings. The van der Waals surface area contributed by atoms with Gasteiger partial charge in [-0.25, -0.2) is 14.4 Å². The van der Waals surface area contributed by atoms with Crippen molar-refractivity contribution in [3.8, 4) is 5.75 Å². The van der Waals surface area contributed by atoms with Crippen LogP contribution in [0.4, 0.5) is 16.0 Å². The van der Waals surface area contributed by atoms with Gasteiger partial charge in [-0.2, -0.15) is 0 Å². The molecule has 0 unspecified atom stereocenters. The third-order valence-electron chi connectivity index (χ3n) is 4.02. The molecule has 0 saturated heterocycles. The number of hydrogen-bond donors (Lipinski definition) is 2. The van der Waals surface area contributed by atoms with Gasteiger partial charge in [-0.05, 0) is 50.1 Å². The average Bonchev–Trinajstić information content (AvgIpc) is 2.71. The maximum Gasteiger partial charge on any atom is 0.258 e. The average molecular weight is 394 g/mol. The molecule has 0 aliphatic carbocycles. The zero-order valence-electron chi connectivity index (χ0n) is 16.4. The largest absolute Gasteiger partial charge is 0.489 e. The first-order valence-electron chi connectivity index (χ1n) is 9.38. The van der Waals surface area contributed by atoms with Crippen LogP contribution < -0.4 is 15.4 Å². The van der Waals surface area contributed by atoms with Crippen LogP contribution in [0.25, 0.3) is 0 Å². The lowest BCUT2D eigenvalue weighted by atomic mass is 10.1. The van der Waals surface area contributed by atoms with E-state index in [1.807, 2.05) is 26.0 Å². The molecule has 0 saturated carbocycles. The second-order valence-electron chi connectivity index (χ2n) is 6.72. The topological polar surface area (TPSA) is 76.1 Å². The summed E-state index contributed by atoms with van der Waals surface area (Å²) in [5.74, 6) is 0.461. The van der Waals surface area contributed by atoms with E-state index in [-0.39, 0.29) is 17.8 Å². The number of rotatable bonds is 8. The first kappa shape index (κ1) is 20.3. The second kappa shape index (κ2) is 9.64. The van der Waals surface area contributed by atoms with Gasteiger partial charge in [0.15, 0.2) is 0 Å². The highest BCUT2D eigenvalue weighted by molar-refractivity contribution is 6.04. The summed E-state index contributed by atoms with van der Waals surface area (Å²) in [7, 11) is 0. The Balaban J connectivity index is 1.55. The van der Waals surface area contributed by atoms with Gasteiger partial charge in [0.1, 0.15) is 11.6 Å². The van der Waals surface area contributed by atoms with Crippen LogP contribution in [-0.4, -0.2) is 28.5 Å². The van der Waals surface area contributed by atoms with Gasteiger partial charge in [0.05, 0.1) is 17.4 Å². The number of nitrogens with zero attached hydrogens (tertiary/aromatic N) is 2. The summed E-state index contributed by atoms with van der Waals surface area (Å²) < 4.78 is 18.6. The minimum atomic E-state index is -0.317. The number of anilines is 2. The number of aromatic nitrogens is 2. The standard InChI is InChI=1S/C22H23FN4O2/c1-15(2)29-20-6-4-3-5-19(20)27-21(28)17-13-25-22(26-14-17)24-12-11-16-7-9-18(23)10-8-16/h3-10,13-15H,11-12H2,1-2H3,(H,27,28)(H,24,25,26). The Kier molecular flexibility index (Phi) is 6.73. The fourth-order valence-electron chi connectivity index (χ4n) is 2.63. The summed E-state index contributed by atoms with van der Waals surface area (Å²) in [6.45, 7) is 4.44. The normalized spacial score (nSPS) is 10.6. The van der Waals surface area contributed by atoms with Crippen molar-refractivity contribution in [2.75, 3.05) is 17.2 Å². The van der Waals surface area contributed by atoms with Crippen molar-refractivity contribution in [1.82, 2.24) is 9.97 Å². The van der Waals surface area contributed by atoms with Crippen molar-refractivity contribution in [1.29, 1.82) is 0 Å². The van der Waals surface area contributed by atoms with Gasteiger partial charge in [-0.1, -0.05) is 24.3 Å². The fourth-order valence-corrected chi connectivity index (χ4v) is 2.63. The molecule has 29 heavy (non-hydrogen) atoms. The number of carbonyl (C=O) groups is 1. The predicted molar refractivity (Wildman–Crippen MR) is 111 cm³/mol. The number of carbonyl (C=O) groups excluding carboxylic acids is 1. The fraction of sp³-hybridized carbons (Fsp3) is 0.227. The van der Waals surface area contributed by atoms with Crippen LogP contribution in [-0.2, 0) is 6.42 Å². The van der Waals surface area contributed by atoms with Gasteiger partial charge in [-0.3, -0.25) is 4.79 Å². The molecule has 0 aliphatic heterocycles. The molecule has 0 bridgehead atoms. The van der Waals surface area contributed by atoms with Crippen LogP contribution in [0.2, 0.25) is 0 Å². The van der Waals surface area contributed by atoms with E-state index in [4.69, 9.17) is 4.74 Å². The molecule has 150 valence electrons. The van der Waals surface area contributed by atoms with E-state index in [0.717, 1.165) is 5.56 Å². The maximum atomic E-state index is 12.9.